The van der Waals surface area contributed by atoms with Gasteiger partial charge in [0.25, 0.3) is 0 Å². The predicted octanol–water partition coefficient (Wildman–Crippen LogP) is 4.33. The number of hydrogen-bond acceptors (Lipinski definition) is 10. The highest BCUT2D eigenvalue weighted by molar-refractivity contribution is 7.98. The Kier molecular flexibility index (Phi) is 7.97. The minimum Gasteiger partial charge on any atom is -0.467 e. The quantitative estimate of drug-likeness (QED) is 0.335. The van der Waals surface area contributed by atoms with Crippen molar-refractivity contribution in [2.45, 2.75) is 51.1 Å². The number of aromatic nitrogens is 3. The first-order chi connectivity index (χ1) is 15.4. The summed E-state index contributed by atoms with van der Waals surface area (Å²) in [6, 6.07) is 3.71. The van der Waals surface area contributed by atoms with E-state index in [1.54, 1.807) is 20.1 Å². The van der Waals surface area contributed by atoms with E-state index in [4.69, 9.17) is 19.6 Å². The molecule has 0 radical (unpaired) electrons. The third kappa shape index (κ3) is 5.16. The second-order valence-electron chi connectivity index (χ2n) is 7.04. The minimum absolute atomic E-state index is 0.147. The van der Waals surface area contributed by atoms with Crippen LogP contribution in [0.1, 0.15) is 70.8 Å². The SMILES string of the molecule is CCOC(=O)c1sc(N)c(C(=O)OCC)c1CSc1nnc(C(C)C)n1Cc1ccco1. The molecule has 0 spiro atoms. The van der Waals surface area contributed by atoms with Gasteiger partial charge in [0.2, 0.25) is 0 Å². The zero-order valence-electron chi connectivity index (χ0n) is 18.4. The van der Waals surface area contributed by atoms with Crippen molar-refractivity contribution < 1.29 is 23.5 Å². The highest BCUT2D eigenvalue weighted by atomic mass is 32.2. The van der Waals surface area contributed by atoms with Crippen LogP contribution in [0.3, 0.4) is 0 Å². The number of anilines is 1. The maximum Gasteiger partial charge on any atom is 0.348 e. The Balaban J connectivity index is 1.95. The standard InChI is InChI=1S/C21H26N4O5S2/c1-5-28-19(26)15-14(16(32-17(15)22)20(27)29-6-2)11-31-21-24-23-18(12(3)4)25(21)10-13-8-7-9-30-13/h7-9,12H,5-6,10-11,22H2,1-4H3. The second-order valence-corrected chi connectivity index (χ2v) is 9.03. The fourth-order valence-electron chi connectivity index (χ4n) is 3.09. The predicted molar refractivity (Wildman–Crippen MR) is 122 cm³/mol. The zero-order chi connectivity index (χ0) is 23.3. The summed E-state index contributed by atoms with van der Waals surface area (Å²) < 4.78 is 17.8. The van der Waals surface area contributed by atoms with Crippen molar-refractivity contribution in [3.63, 3.8) is 0 Å². The van der Waals surface area contributed by atoms with Crippen molar-refractivity contribution in [3.05, 3.63) is 46.0 Å². The van der Waals surface area contributed by atoms with Crippen LogP contribution < -0.4 is 5.73 Å². The van der Waals surface area contributed by atoms with Gasteiger partial charge in [-0.05, 0) is 26.0 Å². The third-order valence-corrected chi connectivity index (χ3v) is 6.51. The molecule has 0 aromatic carbocycles. The number of furan rings is 1. The Labute approximate surface area is 194 Å². The van der Waals surface area contributed by atoms with Gasteiger partial charge in [0.05, 0.1) is 31.6 Å². The van der Waals surface area contributed by atoms with Crippen molar-refractivity contribution in [1.82, 2.24) is 14.8 Å². The summed E-state index contributed by atoms with van der Waals surface area (Å²) in [4.78, 5) is 25.4. The lowest BCUT2D eigenvalue weighted by atomic mass is 10.1. The van der Waals surface area contributed by atoms with Crippen LogP contribution in [-0.2, 0) is 21.8 Å². The van der Waals surface area contributed by atoms with Crippen LogP contribution in [0, 0.1) is 0 Å². The summed E-state index contributed by atoms with van der Waals surface area (Å²) in [7, 11) is 0. The molecule has 0 bridgehead atoms. The van der Waals surface area contributed by atoms with E-state index in [9.17, 15) is 9.59 Å². The summed E-state index contributed by atoms with van der Waals surface area (Å²) in [6.07, 6.45) is 1.62. The molecule has 3 rings (SSSR count). The smallest absolute Gasteiger partial charge is 0.348 e. The molecule has 11 heteroatoms. The number of carbonyl (C=O) groups excluding carboxylic acids is 2. The number of thioether (sulfide) groups is 1. The number of carbonyl (C=O) groups is 2. The lowest BCUT2D eigenvalue weighted by molar-refractivity contribution is 0.0527. The number of esters is 2. The summed E-state index contributed by atoms with van der Waals surface area (Å²) in [5, 5.41) is 9.53. The largest absolute Gasteiger partial charge is 0.467 e. The van der Waals surface area contributed by atoms with E-state index in [0.29, 0.717) is 22.1 Å². The van der Waals surface area contributed by atoms with Crippen LogP contribution in [0.4, 0.5) is 5.00 Å². The van der Waals surface area contributed by atoms with E-state index in [1.807, 2.05) is 30.5 Å². The maximum absolute atomic E-state index is 12.6. The molecule has 0 aliphatic carbocycles. The van der Waals surface area contributed by atoms with Crippen molar-refractivity contribution >= 4 is 40.0 Å². The normalized spacial score (nSPS) is 11.2. The molecule has 3 aromatic rings. The van der Waals surface area contributed by atoms with Gasteiger partial charge in [0, 0.05) is 17.2 Å². The highest BCUT2D eigenvalue weighted by Gasteiger charge is 2.28. The Hall–Kier alpha value is -2.79. The molecule has 0 fully saturated rings. The van der Waals surface area contributed by atoms with Crippen molar-refractivity contribution in [3.8, 4) is 0 Å². The number of rotatable bonds is 10. The number of nitrogen functional groups attached to an aromatic ring is 1. The molecular formula is C21H26N4O5S2. The van der Waals surface area contributed by atoms with Gasteiger partial charge in [0.15, 0.2) is 5.16 Å². The monoisotopic (exact) mass is 478 g/mol. The van der Waals surface area contributed by atoms with Crippen molar-refractivity contribution in [2.75, 3.05) is 18.9 Å². The number of nitrogens with zero attached hydrogens (tertiary/aromatic N) is 3. The lowest BCUT2D eigenvalue weighted by Gasteiger charge is -2.11. The molecule has 0 saturated carbocycles. The summed E-state index contributed by atoms with van der Waals surface area (Å²) in [5.41, 5.74) is 6.78. The van der Waals surface area contributed by atoms with Crippen LogP contribution in [0.25, 0.3) is 0 Å². The molecule has 0 atom stereocenters. The van der Waals surface area contributed by atoms with Gasteiger partial charge in [-0.15, -0.1) is 21.5 Å². The van der Waals surface area contributed by atoms with E-state index in [-0.39, 0.29) is 35.4 Å². The van der Waals surface area contributed by atoms with E-state index >= 15 is 0 Å². The Bertz CT molecular complexity index is 1070. The fraction of sp³-hybridized carbons (Fsp3) is 0.429. The van der Waals surface area contributed by atoms with Crippen LogP contribution in [0.5, 0.6) is 0 Å². The lowest BCUT2D eigenvalue weighted by Crippen LogP contribution is -2.11. The summed E-state index contributed by atoms with van der Waals surface area (Å²) in [6.45, 7) is 8.39. The Morgan fingerprint density at radius 1 is 1.22 bits per heavy atom. The summed E-state index contributed by atoms with van der Waals surface area (Å²) in [5.74, 6) is 0.916. The minimum atomic E-state index is -0.563. The zero-order valence-corrected chi connectivity index (χ0v) is 20.0. The molecule has 0 amide bonds. The number of hydrogen-bond donors (Lipinski definition) is 1. The molecule has 3 aromatic heterocycles. The van der Waals surface area contributed by atoms with Gasteiger partial charge in [-0.2, -0.15) is 0 Å². The average Bonchev–Trinajstić information content (AvgIpc) is 3.46. The Morgan fingerprint density at radius 2 is 1.94 bits per heavy atom. The molecule has 32 heavy (non-hydrogen) atoms. The van der Waals surface area contributed by atoms with Crippen molar-refractivity contribution in [2.24, 2.45) is 0 Å². The van der Waals surface area contributed by atoms with E-state index in [1.165, 1.54) is 11.8 Å². The molecular weight excluding hydrogens is 452 g/mol. The van der Waals surface area contributed by atoms with E-state index in [2.05, 4.69) is 10.2 Å². The molecule has 0 unspecified atom stereocenters. The molecule has 0 saturated heterocycles. The number of thiophene rings is 1. The van der Waals surface area contributed by atoms with Gasteiger partial charge in [0.1, 0.15) is 21.5 Å². The van der Waals surface area contributed by atoms with E-state index < -0.39 is 11.9 Å². The van der Waals surface area contributed by atoms with Gasteiger partial charge < -0.3 is 19.6 Å². The van der Waals surface area contributed by atoms with Gasteiger partial charge in [-0.25, -0.2) is 9.59 Å². The number of ether oxygens (including phenoxy) is 2. The van der Waals surface area contributed by atoms with E-state index in [0.717, 1.165) is 22.9 Å². The fourth-order valence-corrected chi connectivity index (χ4v) is 5.12. The molecule has 172 valence electrons. The second kappa shape index (κ2) is 10.7. The van der Waals surface area contributed by atoms with Gasteiger partial charge in [-0.3, -0.25) is 4.57 Å². The Morgan fingerprint density at radius 3 is 2.56 bits per heavy atom. The van der Waals surface area contributed by atoms with Crippen molar-refractivity contribution in [1.29, 1.82) is 0 Å². The topological polar surface area (TPSA) is 122 Å². The molecule has 0 aliphatic heterocycles. The first kappa shape index (κ1) is 23.9. The van der Waals surface area contributed by atoms with Crippen LogP contribution in [0.15, 0.2) is 28.0 Å². The van der Waals surface area contributed by atoms with Crippen LogP contribution in [0.2, 0.25) is 0 Å². The maximum atomic E-state index is 12.6. The van der Waals surface area contributed by atoms with Gasteiger partial charge in [-0.1, -0.05) is 25.6 Å². The van der Waals surface area contributed by atoms with Gasteiger partial charge >= 0.3 is 11.9 Å². The molecule has 9 nitrogen and oxygen atoms in total. The number of nitrogens with two attached hydrogens (primary N) is 1. The van der Waals surface area contributed by atoms with Crippen LogP contribution in [-0.4, -0.2) is 39.9 Å². The first-order valence-electron chi connectivity index (χ1n) is 10.2. The molecule has 0 aliphatic rings. The average molecular weight is 479 g/mol. The highest BCUT2D eigenvalue weighted by Crippen LogP contribution is 2.37. The molecule has 2 N–H and O–H groups in total. The summed E-state index contributed by atoms with van der Waals surface area (Å²) >= 11 is 2.38. The first-order valence-corrected chi connectivity index (χ1v) is 12.0. The third-order valence-electron chi connectivity index (χ3n) is 4.48. The van der Waals surface area contributed by atoms with Crippen LogP contribution >= 0.6 is 23.1 Å². The molecule has 3 heterocycles.